The Labute approximate surface area is 240 Å². The first-order valence-corrected chi connectivity index (χ1v) is 13.7. The number of rotatable bonds is 8. The van der Waals surface area contributed by atoms with Crippen molar-refractivity contribution < 1.29 is 14.3 Å². The largest absolute Gasteiger partial charge is 0.453 e. The fraction of sp³-hybridized carbons (Fsp3) is 0.462. The number of benzene rings is 1. The lowest BCUT2D eigenvalue weighted by molar-refractivity contribution is -0.0123. The van der Waals surface area contributed by atoms with Gasteiger partial charge in [-0.15, -0.1) is 5.10 Å². The van der Waals surface area contributed by atoms with E-state index in [1.165, 1.54) is 17.8 Å². The SMILES string of the molecule is COC(=O)N[C@H]1CCN(c2cc(C#N)cc(Nc3nc(NC4CC4)c4ncc(C#N)n4n3)c2Cl)C[C@H]1NC1COC1. The molecule has 0 unspecified atom stereocenters. The molecule has 2 atom stereocenters. The maximum Gasteiger partial charge on any atom is 0.407 e. The number of imidazole rings is 1. The van der Waals surface area contributed by atoms with Gasteiger partial charge in [0.2, 0.25) is 5.95 Å². The van der Waals surface area contributed by atoms with Gasteiger partial charge in [0.1, 0.15) is 6.07 Å². The van der Waals surface area contributed by atoms with Gasteiger partial charge in [0.05, 0.1) is 66.6 Å². The van der Waals surface area contributed by atoms with Gasteiger partial charge in [-0.1, -0.05) is 11.6 Å². The molecule has 3 aromatic rings. The molecule has 1 amide bonds. The highest BCUT2D eigenvalue weighted by Gasteiger charge is 2.35. The molecule has 0 radical (unpaired) electrons. The molecule has 15 heteroatoms. The molecule has 0 spiro atoms. The zero-order valence-corrected chi connectivity index (χ0v) is 23.0. The van der Waals surface area contributed by atoms with E-state index in [2.05, 4.69) is 53.4 Å². The number of anilines is 4. The Balaban J connectivity index is 1.30. The molecule has 14 nitrogen and oxygen atoms in total. The summed E-state index contributed by atoms with van der Waals surface area (Å²) in [6.45, 7) is 2.32. The smallest absolute Gasteiger partial charge is 0.407 e. The highest BCUT2D eigenvalue weighted by atomic mass is 35.5. The van der Waals surface area contributed by atoms with Crippen LogP contribution in [0, 0.1) is 22.7 Å². The zero-order chi connectivity index (χ0) is 28.5. The molecule has 212 valence electrons. The Morgan fingerprint density at radius 2 is 2.00 bits per heavy atom. The predicted octanol–water partition coefficient (Wildman–Crippen LogP) is 2.13. The number of aromatic nitrogens is 4. The number of nitrogens with zero attached hydrogens (tertiary/aromatic N) is 7. The van der Waals surface area contributed by atoms with Crippen molar-refractivity contribution in [3.8, 4) is 12.1 Å². The maximum atomic E-state index is 12.0. The van der Waals surface area contributed by atoms with Gasteiger partial charge in [-0.2, -0.15) is 20.0 Å². The normalized spacial score (nSPS) is 20.5. The maximum absolute atomic E-state index is 12.0. The van der Waals surface area contributed by atoms with Crippen LogP contribution in [0.25, 0.3) is 5.65 Å². The number of carbonyl (C=O) groups excluding carboxylic acids is 1. The molecule has 0 bridgehead atoms. The third-order valence-corrected chi connectivity index (χ3v) is 7.75. The summed E-state index contributed by atoms with van der Waals surface area (Å²) < 4.78 is 11.6. The molecule has 4 heterocycles. The summed E-state index contributed by atoms with van der Waals surface area (Å²) in [4.78, 5) is 23.0. The molecular weight excluding hydrogens is 550 g/mol. The van der Waals surface area contributed by atoms with Gasteiger partial charge in [0, 0.05) is 25.2 Å². The van der Waals surface area contributed by atoms with E-state index in [0.29, 0.717) is 72.2 Å². The monoisotopic (exact) mass is 577 g/mol. The van der Waals surface area contributed by atoms with E-state index in [9.17, 15) is 15.3 Å². The van der Waals surface area contributed by atoms with Crippen molar-refractivity contribution in [2.45, 2.75) is 43.4 Å². The van der Waals surface area contributed by atoms with Crippen molar-refractivity contribution in [3.63, 3.8) is 0 Å². The van der Waals surface area contributed by atoms with E-state index in [1.54, 1.807) is 12.1 Å². The topological polar surface area (TPSA) is 178 Å². The van der Waals surface area contributed by atoms with Crippen LogP contribution >= 0.6 is 11.6 Å². The summed E-state index contributed by atoms with van der Waals surface area (Å²) in [5, 5.41) is 37.2. The molecule has 2 saturated heterocycles. The minimum absolute atomic E-state index is 0.109. The average molecular weight is 578 g/mol. The van der Waals surface area contributed by atoms with Crippen LogP contribution in [0.1, 0.15) is 30.5 Å². The van der Waals surface area contributed by atoms with E-state index in [0.717, 1.165) is 12.8 Å². The minimum atomic E-state index is -0.485. The van der Waals surface area contributed by atoms with Gasteiger partial charge < -0.3 is 35.6 Å². The second-order valence-corrected chi connectivity index (χ2v) is 10.6. The Bertz CT molecular complexity index is 1560. The summed E-state index contributed by atoms with van der Waals surface area (Å²) in [6.07, 6.45) is 3.65. The lowest BCUT2D eigenvalue weighted by Gasteiger charge is -2.43. The second kappa shape index (κ2) is 11.2. The molecule has 4 N–H and O–H groups in total. The van der Waals surface area contributed by atoms with Gasteiger partial charge in [-0.3, -0.25) is 0 Å². The Morgan fingerprint density at radius 1 is 1.17 bits per heavy atom. The third-order valence-electron chi connectivity index (χ3n) is 7.35. The minimum Gasteiger partial charge on any atom is -0.453 e. The van der Waals surface area contributed by atoms with Crippen LogP contribution in [-0.4, -0.2) is 83.3 Å². The summed E-state index contributed by atoms with van der Waals surface area (Å²) in [7, 11) is 1.34. The van der Waals surface area contributed by atoms with Crippen LogP contribution in [0.5, 0.6) is 0 Å². The van der Waals surface area contributed by atoms with E-state index >= 15 is 0 Å². The van der Waals surface area contributed by atoms with Gasteiger partial charge in [-0.25, -0.2) is 9.78 Å². The molecule has 2 aliphatic heterocycles. The first kappa shape index (κ1) is 26.8. The zero-order valence-electron chi connectivity index (χ0n) is 22.2. The molecule has 1 aromatic carbocycles. The molecule has 41 heavy (non-hydrogen) atoms. The fourth-order valence-electron chi connectivity index (χ4n) is 5.00. The number of hydrogen-bond donors (Lipinski definition) is 4. The predicted molar refractivity (Wildman–Crippen MR) is 149 cm³/mol. The van der Waals surface area contributed by atoms with E-state index in [-0.39, 0.29) is 29.8 Å². The summed E-state index contributed by atoms with van der Waals surface area (Å²) in [5.41, 5.74) is 2.23. The molecule has 1 aliphatic carbocycles. The van der Waals surface area contributed by atoms with E-state index in [4.69, 9.17) is 21.1 Å². The number of nitriles is 2. The number of amides is 1. The van der Waals surface area contributed by atoms with Crippen molar-refractivity contribution >= 4 is 46.5 Å². The summed E-state index contributed by atoms with van der Waals surface area (Å²) in [5.74, 6) is 0.706. The highest BCUT2D eigenvalue weighted by molar-refractivity contribution is 6.36. The number of carbonyl (C=O) groups is 1. The van der Waals surface area contributed by atoms with Crippen molar-refractivity contribution in [1.29, 1.82) is 10.5 Å². The van der Waals surface area contributed by atoms with Crippen molar-refractivity contribution in [1.82, 2.24) is 30.2 Å². The molecule has 3 aliphatic rings. The molecular formula is C26H28ClN11O3. The van der Waals surface area contributed by atoms with Gasteiger partial charge in [0.15, 0.2) is 17.2 Å². The van der Waals surface area contributed by atoms with Gasteiger partial charge in [0.25, 0.3) is 0 Å². The van der Waals surface area contributed by atoms with E-state index < -0.39 is 6.09 Å². The van der Waals surface area contributed by atoms with Gasteiger partial charge in [-0.05, 0) is 31.4 Å². The second-order valence-electron chi connectivity index (χ2n) is 10.3. The first-order valence-electron chi connectivity index (χ1n) is 13.3. The lowest BCUT2D eigenvalue weighted by atomic mass is 9.97. The van der Waals surface area contributed by atoms with Crippen LogP contribution in [0.2, 0.25) is 5.02 Å². The molecule has 2 aromatic heterocycles. The van der Waals surface area contributed by atoms with Gasteiger partial charge >= 0.3 is 6.09 Å². The van der Waals surface area contributed by atoms with Crippen LogP contribution < -0.4 is 26.2 Å². The number of ether oxygens (including phenoxy) is 2. The van der Waals surface area contributed by atoms with E-state index in [1.807, 2.05) is 0 Å². The molecule has 1 saturated carbocycles. The number of hydrogen-bond acceptors (Lipinski definition) is 12. The number of alkyl carbamates (subject to hydrolysis) is 1. The third kappa shape index (κ3) is 5.63. The molecule has 3 fully saturated rings. The van der Waals surface area contributed by atoms with Crippen LogP contribution in [0.15, 0.2) is 18.3 Å². The number of piperidine rings is 1. The van der Waals surface area contributed by atoms with Crippen molar-refractivity contribution in [2.75, 3.05) is 48.9 Å². The first-order chi connectivity index (χ1) is 19.9. The number of fused-ring (bicyclic) bond motifs is 1. The van der Waals surface area contributed by atoms with Crippen molar-refractivity contribution in [2.24, 2.45) is 0 Å². The Kier molecular flexibility index (Phi) is 7.36. The summed E-state index contributed by atoms with van der Waals surface area (Å²) >= 11 is 6.96. The lowest BCUT2D eigenvalue weighted by Crippen LogP contribution is -2.64. The highest BCUT2D eigenvalue weighted by Crippen LogP contribution is 2.37. The fourth-order valence-corrected chi connectivity index (χ4v) is 5.28. The molecule has 6 rings (SSSR count). The Morgan fingerprint density at radius 3 is 2.68 bits per heavy atom. The van der Waals surface area contributed by atoms with Crippen LogP contribution in [-0.2, 0) is 9.47 Å². The van der Waals surface area contributed by atoms with Crippen molar-refractivity contribution in [3.05, 3.63) is 34.6 Å². The number of methoxy groups -OCH3 is 1. The van der Waals surface area contributed by atoms with Crippen LogP contribution in [0.4, 0.5) is 27.9 Å². The number of halogens is 1. The van der Waals surface area contributed by atoms with Crippen LogP contribution in [0.3, 0.4) is 0 Å². The average Bonchev–Trinajstić information content (AvgIpc) is 3.68. The quantitative estimate of drug-likeness (QED) is 0.307. The Hall–Kier alpha value is -4.37. The summed E-state index contributed by atoms with van der Waals surface area (Å²) in [6, 6.07) is 7.91. The standard InChI is InChI=1S/C26H28ClN11O3/c1-40-26(39)34-18-4-5-37(11-20(18)31-16-12-41-13-16)21-7-14(8-28)6-19(22(21)27)33-25-35-23(32-15-2-3-15)24-30-10-17(9-29)38(24)36-25/h6-7,10,15-16,18,20,31H,2-5,11-13H2,1H3,(H,34,39)(H2,32,33,35,36)/t18-,20+/m0/s1. The number of nitrogens with one attached hydrogen (secondary N) is 4.